The highest BCUT2D eigenvalue weighted by atomic mass is 16.5. The molecule has 3 nitrogen and oxygen atoms in total. The Morgan fingerprint density at radius 2 is 2.08 bits per heavy atom. The summed E-state index contributed by atoms with van der Waals surface area (Å²) in [4.78, 5) is 0. The molecule has 0 aromatic rings. The monoisotopic (exact) mass is 184 g/mol. The first kappa shape index (κ1) is 12.4. The number of methoxy groups -OCH3 is 1. The fourth-order valence-corrected chi connectivity index (χ4v) is 1.11. The standard InChI is InChI=1S/C10H20N2O/c1-5-9(3)12-10(6-11)8(2)7-13-4/h8-10,12H,5,7H2,1-4H3. The van der Waals surface area contributed by atoms with Crippen molar-refractivity contribution in [1.29, 1.82) is 5.26 Å². The summed E-state index contributed by atoms with van der Waals surface area (Å²) >= 11 is 0. The maximum absolute atomic E-state index is 8.90. The molecular weight excluding hydrogens is 164 g/mol. The molecule has 0 aliphatic heterocycles. The predicted molar refractivity (Wildman–Crippen MR) is 53.3 cm³/mol. The molecule has 0 aromatic carbocycles. The molecule has 0 saturated heterocycles. The first-order valence-electron chi connectivity index (χ1n) is 4.80. The van der Waals surface area contributed by atoms with Crippen LogP contribution in [0, 0.1) is 17.2 Å². The zero-order chi connectivity index (χ0) is 10.3. The maximum Gasteiger partial charge on any atom is 0.100 e. The highest BCUT2D eigenvalue weighted by molar-refractivity contribution is 4.94. The van der Waals surface area contributed by atoms with Crippen LogP contribution in [0.3, 0.4) is 0 Å². The Kier molecular flexibility index (Phi) is 6.56. The molecule has 0 fully saturated rings. The van der Waals surface area contributed by atoms with E-state index in [4.69, 9.17) is 10.00 Å². The van der Waals surface area contributed by atoms with E-state index in [-0.39, 0.29) is 12.0 Å². The summed E-state index contributed by atoms with van der Waals surface area (Å²) < 4.78 is 5.01. The molecule has 13 heavy (non-hydrogen) atoms. The number of nitrogens with one attached hydrogen (secondary N) is 1. The van der Waals surface area contributed by atoms with Gasteiger partial charge in [-0.2, -0.15) is 5.26 Å². The van der Waals surface area contributed by atoms with Crippen molar-refractivity contribution in [3.63, 3.8) is 0 Å². The topological polar surface area (TPSA) is 45.0 Å². The largest absolute Gasteiger partial charge is 0.384 e. The second-order valence-electron chi connectivity index (χ2n) is 3.52. The molecule has 0 heterocycles. The van der Waals surface area contributed by atoms with E-state index in [1.807, 2.05) is 6.92 Å². The smallest absolute Gasteiger partial charge is 0.100 e. The van der Waals surface area contributed by atoms with Crippen LogP contribution in [0.4, 0.5) is 0 Å². The lowest BCUT2D eigenvalue weighted by Crippen LogP contribution is -2.40. The molecule has 0 bridgehead atoms. The van der Waals surface area contributed by atoms with Crippen molar-refractivity contribution in [3.8, 4) is 6.07 Å². The van der Waals surface area contributed by atoms with Crippen LogP contribution in [-0.2, 0) is 4.74 Å². The minimum atomic E-state index is -0.102. The van der Waals surface area contributed by atoms with E-state index in [0.717, 1.165) is 6.42 Å². The minimum Gasteiger partial charge on any atom is -0.384 e. The van der Waals surface area contributed by atoms with E-state index in [2.05, 4.69) is 25.2 Å². The molecule has 3 unspecified atom stereocenters. The normalized spacial score (nSPS) is 17.5. The van der Waals surface area contributed by atoms with Crippen molar-refractivity contribution in [2.24, 2.45) is 5.92 Å². The molecular formula is C10H20N2O. The fraction of sp³-hybridized carbons (Fsp3) is 0.900. The van der Waals surface area contributed by atoms with Crippen LogP contribution in [0.15, 0.2) is 0 Å². The maximum atomic E-state index is 8.90. The molecule has 0 saturated carbocycles. The van der Waals surface area contributed by atoms with Gasteiger partial charge in [0.15, 0.2) is 0 Å². The number of hydrogen-bond acceptors (Lipinski definition) is 3. The lowest BCUT2D eigenvalue weighted by Gasteiger charge is -2.21. The molecule has 0 spiro atoms. The summed E-state index contributed by atoms with van der Waals surface area (Å²) in [6.45, 7) is 6.84. The third-order valence-corrected chi connectivity index (χ3v) is 2.21. The minimum absolute atomic E-state index is 0.102. The molecule has 0 rings (SSSR count). The predicted octanol–water partition coefficient (Wildman–Crippen LogP) is 1.55. The van der Waals surface area contributed by atoms with Gasteiger partial charge < -0.3 is 4.74 Å². The van der Waals surface area contributed by atoms with Crippen LogP contribution in [0.2, 0.25) is 0 Å². The van der Waals surface area contributed by atoms with Crippen LogP contribution in [0.25, 0.3) is 0 Å². The number of hydrogen-bond donors (Lipinski definition) is 1. The molecule has 1 N–H and O–H groups in total. The summed E-state index contributed by atoms with van der Waals surface area (Å²) in [7, 11) is 1.66. The van der Waals surface area contributed by atoms with E-state index in [1.54, 1.807) is 7.11 Å². The lowest BCUT2D eigenvalue weighted by atomic mass is 10.0. The van der Waals surface area contributed by atoms with Crippen LogP contribution < -0.4 is 5.32 Å². The molecule has 3 heteroatoms. The highest BCUT2D eigenvalue weighted by Gasteiger charge is 2.17. The molecule has 3 atom stereocenters. The zero-order valence-corrected chi connectivity index (χ0v) is 9.00. The van der Waals surface area contributed by atoms with E-state index in [0.29, 0.717) is 12.6 Å². The van der Waals surface area contributed by atoms with Gasteiger partial charge in [-0.25, -0.2) is 0 Å². The molecule has 0 aliphatic carbocycles. The van der Waals surface area contributed by atoms with Gasteiger partial charge in [-0.1, -0.05) is 13.8 Å². The quantitative estimate of drug-likeness (QED) is 0.681. The van der Waals surface area contributed by atoms with E-state index in [1.165, 1.54) is 0 Å². The van der Waals surface area contributed by atoms with Gasteiger partial charge in [-0.15, -0.1) is 0 Å². The third kappa shape index (κ3) is 4.87. The summed E-state index contributed by atoms with van der Waals surface area (Å²) in [6, 6.07) is 2.55. The Morgan fingerprint density at radius 1 is 1.46 bits per heavy atom. The number of ether oxygens (including phenoxy) is 1. The van der Waals surface area contributed by atoms with Crippen molar-refractivity contribution in [1.82, 2.24) is 5.32 Å². The Bertz CT molecular complexity index is 165. The van der Waals surface area contributed by atoms with Crippen molar-refractivity contribution in [3.05, 3.63) is 0 Å². The van der Waals surface area contributed by atoms with Gasteiger partial charge in [-0.3, -0.25) is 5.32 Å². The Morgan fingerprint density at radius 3 is 2.46 bits per heavy atom. The fourth-order valence-electron chi connectivity index (χ4n) is 1.11. The third-order valence-electron chi connectivity index (χ3n) is 2.21. The van der Waals surface area contributed by atoms with Crippen LogP contribution in [0.5, 0.6) is 0 Å². The number of rotatable bonds is 6. The first-order chi connectivity index (χ1) is 6.15. The van der Waals surface area contributed by atoms with Gasteiger partial charge >= 0.3 is 0 Å². The SMILES string of the molecule is CCC(C)NC(C#N)C(C)COC. The summed E-state index contributed by atoms with van der Waals surface area (Å²) in [5.74, 6) is 0.240. The molecule has 0 amide bonds. The van der Waals surface area contributed by atoms with E-state index >= 15 is 0 Å². The van der Waals surface area contributed by atoms with Crippen molar-refractivity contribution in [2.45, 2.75) is 39.3 Å². The lowest BCUT2D eigenvalue weighted by molar-refractivity contribution is 0.146. The average Bonchev–Trinajstić information content (AvgIpc) is 2.14. The van der Waals surface area contributed by atoms with Gasteiger partial charge in [0.05, 0.1) is 12.7 Å². The van der Waals surface area contributed by atoms with Crippen molar-refractivity contribution in [2.75, 3.05) is 13.7 Å². The Hall–Kier alpha value is -0.590. The Balaban J connectivity index is 3.95. The summed E-state index contributed by atoms with van der Waals surface area (Å²) in [5.41, 5.74) is 0. The van der Waals surface area contributed by atoms with Gasteiger partial charge in [0, 0.05) is 19.1 Å². The average molecular weight is 184 g/mol. The second-order valence-corrected chi connectivity index (χ2v) is 3.52. The van der Waals surface area contributed by atoms with E-state index < -0.39 is 0 Å². The van der Waals surface area contributed by atoms with Gasteiger partial charge in [0.1, 0.15) is 6.04 Å². The van der Waals surface area contributed by atoms with E-state index in [9.17, 15) is 0 Å². The molecule has 76 valence electrons. The number of nitriles is 1. The molecule has 0 aliphatic rings. The van der Waals surface area contributed by atoms with Gasteiger partial charge in [-0.05, 0) is 13.3 Å². The van der Waals surface area contributed by atoms with Crippen LogP contribution in [0.1, 0.15) is 27.2 Å². The summed E-state index contributed by atoms with van der Waals surface area (Å²) in [5, 5.41) is 12.2. The summed E-state index contributed by atoms with van der Waals surface area (Å²) in [6.07, 6.45) is 1.04. The Labute approximate surface area is 81.1 Å². The van der Waals surface area contributed by atoms with Gasteiger partial charge in [0.2, 0.25) is 0 Å². The highest BCUT2D eigenvalue weighted by Crippen LogP contribution is 2.04. The zero-order valence-electron chi connectivity index (χ0n) is 9.00. The van der Waals surface area contributed by atoms with Gasteiger partial charge in [0.25, 0.3) is 0 Å². The van der Waals surface area contributed by atoms with Crippen LogP contribution in [-0.4, -0.2) is 25.8 Å². The second kappa shape index (κ2) is 6.88. The van der Waals surface area contributed by atoms with Crippen molar-refractivity contribution < 1.29 is 4.74 Å². The number of nitrogens with zero attached hydrogens (tertiary/aromatic N) is 1. The molecule has 0 aromatic heterocycles. The van der Waals surface area contributed by atoms with Crippen molar-refractivity contribution >= 4 is 0 Å². The molecule has 0 radical (unpaired) electrons. The van der Waals surface area contributed by atoms with Crippen LogP contribution >= 0.6 is 0 Å². The first-order valence-corrected chi connectivity index (χ1v) is 4.80.